The molecule has 0 aromatic carbocycles. The third-order valence-electron chi connectivity index (χ3n) is 2.21. The summed E-state index contributed by atoms with van der Waals surface area (Å²) in [5.74, 6) is 0.667. The number of cyclic esters (lactones) is 1. The van der Waals surface area contributed by atoms with Gasteiger partial charge in [-0.05, 0) is 26.0 Å². The molecule has 1 atom stereocenters. The quantitative estimate of drug-likeness (QED) is 0.680. The molecule has 1 fully saturated rings. The van der Waals surface area contributed by atoms with Crippen LogP contribution in [0.25, 0.3) is 0 Å². The lowest BCUT2D eigenvalue weighted by Crippen LogP contribution is -2.31. The van der Waals surface area contributed by atoms with Crippen LogP contribution in [0.15, 0.2) is 18.2 Å². The molecule has 2 rings (SSSR count). The molecule has 14 heavy (non-hydrogen) atoms. The zero-order chi connectivity index (χ0) is 10.1. The van der Waals surface area contributed by atoms with Gasteiger partial charge in [0.2, 0.25) is 0 Å². The summed E-state index contributed by atoms with van der Waals surface area (Å²) in [7, 11) is 0. The van der Waals surface area contributed by atoms with Crippen LogP contribution in [0.3, 0.4) is 0 Å². The van der Waals surface area contributed by atoms with Gasteiger partial charge in [0.25, 0.3) is 0 Å². The molecule has 1 saturated heterocycles. The Hall–Kier alpha value is -1.58. The maximum absolute atomic E-state index is 11.4. The lowest BCUT2D eigenvalue weighted by atomic mass is 10.3. The normalized spacial score (nSPS) is 21.1. The van der Waals surface area contributed by atoms with Crippen LogP contribution in [0.1, 0.15) is 12.6 Å². The smallest absolute Gasteiger partial charge is 0.415 e. The average molecular weight is 192 g/mol. The van der Waals surface area contributed by atoms with E-state index in [2.05, 4.69) is 4.98 Å². The Morgan fingerprint density at radius 3 is 2.93 bits per heavy atom. The monoisotopic (exact) mass is 192 g/mol. The molecule has 0 bridgehead atoms. The van der Waals surface area contributed by atoms with Crippen LogP contribution < -0.4 is 4.90 Å². The van der Waals surface area contributed by atoms with Crippen LogP contribution in [0.4, 0.5) is 10.6 Å². The number of carbonyl (C=O) groups excluding carboxylic acids is 1. The molecule has 0 spiro atoms. The highest BCUT2D eigenvalue weighted by atomic mass is 16.6. The fraction of sp³-hybridized carbons (Fsp3) is 0.400. The summed E-state index contributed by atoms with van der Waals surface area (Å²) in [4.78, 5) is 17.2. The molecule has 4 nitrogen and oxygen atoms in total. The van der Waals surface area contributed by atoms with Crippen LogP contribution in [0, 0.1) is 6.92 Å². The molecule has 1 aliphatic heterocycles. The summed E-state index contributed by atoms with van der Waals surface area (Å²) in [5.41, 5.74) is 0.898. The third-order valence-corrected chi connectivity index (χ3v) is 2.21. The van der Waals surface area contributed by atoms with E-state index in [1.165, 1.54) is 0 Å². The first-order chi connectivity index (χ1) is 6.68. The van der Waals surface area contributed by atoms with Crippen molar-refractivity contribution in [1.29, 1.82) is 0 Å². The molecular weight excluding hydrogens is 180 g/mol. The van der Waals surface area contributed by atoms with E-state index in [1.54, 1.807) is 4.90 Å². The first-order valence-corrected chi connectivity index (χ1v) is 4.58. The van der Waals surface area contributed by atoms with Crippen molar-refractivity contribution >= 4 is 11.9 Å². The minimum Gasteiger partial charge on any atom is -0.447 e. The molecule has 0 aliphatic carbocycles. The molecule has 0 saturated carbocycles. The third kappa shape index (κ3) is 1.43. The number of amides is 1. The van der Waals surface area contributed by atoms with E-state index in [4.69, 9.17) is 4.74 Å². The number of anilines is 1. The van der Waals surface area contributed by atoms with Crippen molar-refractivity contribution in [3.63, 3.8) is 0 Å². The SMILES string of the molecule is Cc1cccc(N2C(=O)OCC2C)n1. The van der Waals surface area contributed by atoms with E-state index in [9.17, 15) is 4.79 Å². The van der Waals surface area contributed by atoms with Gasteiger partial charge in [-0.3, -0.25) is 4.90 Å². The lowest BCUT2D eigenvalue weighted by molar-refractivity contribution is 0.179. The molecule has 1 aliphatic rings. The number of pyridine rings is 1. The van der Waals surface area contributed by atoms with Gasteiger partial charge in [0.15, 0.2) is 0 Å². The van der Waals surface area contributed by atoms with Gasteiger partial charge < -0.3 is 4.74 Å². The molecule has 0 radical (unpaired) electrons. The van der Waals surface area contributed by atoms with Gasteiger partial charge in [-0.1, -0.05) is 6.07 Å². The van der Waals surface area contributed by atoms with E-state index < -0.39 is 0 Å². The summed E-state index contributed by atoms with van der Waals surface area (Å²) in [6, 6.07) is 5.67. The number of hydrogen-bond donors (Lipinski definition) is 0. The molecule has 1 aromatic rings. The maximum Gasteiger partial charge on any atom is 0.415 e. The van der Waals surface area contributed by atoms with Crippen molar-refractivity contribution < 1.29 is 9.53 Å². The highest BCUT2D eigenvalue weighted by molar-refractivity contribution is 5.88. The average Bonchev–Trinajstić information content (AvgIpc) is 2.46. The number of nitrogens with zero attached hydrogens (tertiary/aromatic N) is 2. The summed E-state index contributed by atoms with van der Waals surface area (Å²) < 4.78 is 4.92. The standard InChI is InChI=1S/C10H12N2O2/c1-7-4-3-5-9(11-7)12-8(2)6-14-10(12)13/h3-5,8H,6H2,1-2H3. The van der Waals surface area contributed by atoms with Gasteiger partial charge in [0, 0.05) is 5.69 Å². The Bertz CT molecular complexity index is 365. The van der Waals surface area contributed by atoms with E-state index in [-0.39, 0.29) is 12.1 Å². The molecule has 0 N–H and O–H groups in total. The van der Waals surface area contributed by atoms with Crippen LogP contribution in [-0.2, 0) is 4.74 Å². The molecule has 1 unspecified atom stereocenters. The van der Waals surface area contributed by atoms with Crippen molar-refractivity contribution in [3.05, 3.63) is 23.9 Å². The van der Waals surface area contributed by atoms with Gasteiger partial charge in [-0.25, -0.2) is 9.78 Å². The van der Waals surface area contributed by atoms with E-state index >= 15 is 0 Å². The van der Waals surface area contributed by atoms with E-state index in [0.717, 1.165) is 5.69 Å². The first-order valence-electron chi connectivity index (χ1n) is 4.58. The summed E-state index contributed by atoms with van der Waals surface area (Å²) in [6.45, 7) is 4.28. The minimum atomic E-state index is -0.310. The minimum absolute atomic E-state index is 0.0665. The first kappa shape index (κ1) is 8.99. The number of rotatable bonds is 1. The van der Waals surface area contributed by atoms with Crippen LogP contribution in [0.2, 0.25) is 0 Å². The number of aromatic nitrogens is 1. The van der Waals surface area contributed by atoms with Gasteiger partial charge in [-0.15, -0.1) is 0 Å². The Labute approximate surface area is 82.5 Å². The molecule has 74 valence electrons. The molecule has 2 heterocycles. The van der Waals surface area contributed by atoms with Crippen LogP contribution in [-0.4, -0.2) is 23.7 Å². The van der Waals surface area contributed by atoms with Crippen molar-refractivity contribution in [2.75, 3.05) is 11.5 Å². The van der Waals surface area contributed by atoms with Gasteiger partial charge in [0.1, 0.15) is 12.4 Å². The largest absolute Gasteiger partial charge is 0.447 e. The second-order valence-corrected chi connectivity index (χ2v) is 3.43. The topological polar surface area (TPSA) is 42.4 Å². The number of ether oxygens (including phenoxy) is 1. The second-order valence-electron chi connectivity index (χ2n) is 3.43. The Morgan fingerprint density at radius 2 is 2.36 bits per heavy atom. The highest BCUT2D eigenvalue weighted by Gasteiger charge is 2.31. The summed E-state index contributed by atoms with van der Waals surface area (Å²) in [6.07, 6.45) is -0.310. The maximum atomic E-state index is 11.4. The fourth-order valence-electron chi connectivity index (χ4n) is 1.50. The van der Waals surface area contributed by atoms with Crippen molar-refractivity contribution in [1.82, 2.24) is 4.98 Å². The number of hydrogen-bond acceptors (Lipinski definition) is 3. The highest BCUT2D eigenvalue weighted by Crippen LogP contribution is 2.20. The Morgan fingerprint density at radius 1 is 1.57 bits per heavy atom. The molecule has 4 heteroatoms. The molecular formula is C10H12N2O2. The van der Waals surface area contributed by atoms with Gasteiger partial charge in [0.05, 0.1) is 6.04 Å². The molecule has 1 aromatic heterocycles. The summed E-state index contributed by atoms with van der Waals surface area (Å²) >= 11 is 0. The zero-order valence-corrected chi connectivity index (χ0v) is 8.23. The van der Waals surface area contributed by atoms with Crippen molar-refractivity contribution in [2.24, 2.45) is 0 Å². The lowest BCUT2D eigenvalue weighted by Gasteiger charge is -2.16. The van der Waals surface area contributed by atoms with Crippen LogP contribution >= 0.6 is 0 Å². The van der Waals surface area contributed by atoms with Gasteiger partial charge >= 0.3 is 6.09 Å². The van der Waals surface area contributed by atoms with Crippen LogP contribution in [0.5, 0.6) is 0 Å². The molecule has 1 amide bonds. The van der Waals surface area contributed by atoms with Crippen molar-refractivity contribution in [3.8, 4) is 0 Å². The van der Waals surface area contributed by atoms with Gasteiger partial charge in [-0.2, -0.15) is 0 Å². The number of aryl methyl sites for hydroxylation is 1. The Balaban J connectivity index is 2.34. The predicted molar refractivity (Wildman–Crippen MR) is 52.3 cm³/mol. The zero-order valence-electron chi connectivity index (χ0n) is 8.23. The van der Waals surface area contributed by atoms with E-state index in [1.807, 2.05) is 32.0 Å². The second kappa shape index (κ2) is 3.29. The van der Waals surface area contributed by atoms with Crippen molar-refractivity contribution in [2.45, 2.75) is 19.9 Å². The number of carbonyl (C=O) groups is 1. The van der Waals surface area contributed by atoms with E-state index in [0.29, 0.717) is 12.4 Å². The fourth-order valence-corrected chi connectivity index (χ4v) is 1.50. The Kier molecular flexibility index (Phi) is 2.11. The summed E-state index contributed by atoms with van der Waals surface area (Å²) in [5, 5.41) is 0. The predicted octanol–water partition coefficient (Wildman–Crippen LogP) is 1.74.